The van der Waals surface area contributed by atoms with Crippen molar-refractivity contribution < 1.29 is 43.9 Å². The number of sulfonamides is 1. The molecule has 30 heavy (non-hydrogen) atoms. The first-order chi connectivity index (χ1) is 13.9. The summed E-state index contributed by atoms with van der Waals surface area (Å²) in [7, 11) is -4.53. The molecule has 0 saturated heterocycles. The van der Waals surface area contributed by atoms with Gasteiger partial charge in [-0.15, -0.1) is 0 Å². The van der Waals surface area contributed by atoms with Crippen molar-refractivity contribution >= 4 is 15.8 Å². The summed E-state index contributed by atoms with van der Waals surface area (Å²) < 4.78 is 122. The molecule has 2 N–H and O–H groups in total. The lowest BCUT2D eigenvalue weighted by Crippen LogP contribution is -2.29. The third kappa shape index (κ3) is 4.63. The molecular formula is C16H14F7N3O3S. The Morgan fingerprint density at radius 3 is 2.63 bits per heavy atom. The third-order valence-electron chi connectivity index (χ3n) is 4.48. The fraction of sp³-hybridized carbons (Fsp3) is 0.438. The van der Waals surface area contributed by atoms with E-state index in [1.807, 2.05) is 0 Å². The number of alkyl halides is 5. The normalized spacial score (nSPS) is 17.1. The van der Waals surface area contributed by atoms with E-state index in [9.17, 15) is 39.2 Å². The summed E-state index contributed by atoms with van der Waals surface area (Å²) in [5.41, 5.74) is 0.195. The Morgan fingerprint density at radius 1 is 1.30 bits per heavy atom. The van der Waals surface area contributed by atoms with Crippen molar-refractivity contribution in [3.8, 4) is 5.75 Å². The number of nitrogens with zero attached hydrogens (tertiary/aromatic N) is 1. The van der Waals surface area contributed by atoms with E-state index in [0.29, 0.717) is 6.07 Å². The Balaban J connectivity index is 1.83. The van der Waals surface area contributed by atoms with Gasteiger partial charge in [-0.2, -0.15) is 22.5 Å². The van der Waals surface area contributed by atoms with Crippen LogP contribution in [-0.2, 0) is 22.9 Å². The van der Waals surface area contributed by atoms with Crippen LogP contribution in [0.4, 0.5) is 36.6 Å². The van der Waals surface area contributed by atoms with Crippen molar-refractivity contribution in [1.82, 2.24) is 9.97 Å². The van der Waals surface area contributed by atoms with Gasteiger partial charge in [0, 0.05) is 18.0 Å². The first-order valence-electron chi connectivity index (χ1n) is 8.44. The summed E-state index contributed by atoms with van der Waals surface area (Å²) in [5, 5.41) is 0. The topological polar surface area (TPSA) is 84.1 Å². The van der Waals surface area contributed by atoms with E-state index in [4.69, 9.17) is 0 Å². The second-order valence-electron chi connectivity index (χ2n) is 6.51. The number of hydrogen-bond acceptors (Lipinski definition) is 4. The predicted molar refractivity (Wildman–Crippen MR) is 88.8 cm³/mol. The number of rotatable bonds is 6. The van der Waals surface area contributed by atoms with Gasteiger partial charge < -0.3 is 9.72 Å². The van der Waals surface area contributed by atoms with Gasteiger partial charge in [-0.1, -0.05) is 0 Å². The molecule has 2 heterocycles. The standard InChI is InChI=1S/C16H14F7N3O3S/c17-9-4-11(29-6-13(18)19)14(20)25-15(9)26-30(27,28)12-5-24-10-3-7(16(21,22)23)1-2-8(10)12/h4-5,7,13,24H,1-3,6H2,(H,25,26). The van der Waals surface area contributed by atoms with Crippen LogP contribution >= 0.6 is 0 Å². The molecule has 0 spiro atoms. The van der Waals surface area contributed by atoms with Gasteiger partial charge in [0.05, 0.1) is 5.92 Å². The van der Waals surface area contributed by atoms with Crippen LogP contribution in [0.25, 0.3) is 0 Å². The molecule has 1 unspecified atom stereocenters. The first kappa shape index (κ1) is 22.2. The summed E-state index contributed by atoms with van der Waals surface area (Å²) in [5.74, 6) is -6.55. The number of aromatic nitrogens is 2. The molecule has 1 aliphatic carbocycles. The van der Waals surface area contributed by atoms with Crippen LogP contribution in [0.2, 0.25) is 0 Å². The summed E-state index contributed by atoms with van der Waals surface area (Å²) in [6.45, 7) is -1.22. The SMILES string of the molecule is O=S(=O)(Nc1nc(F)c(OCC(F)F)cc1F)c1c[nH]c2c1CCC(C(F)(F)F)C2. The summed E-state index contributed by atoms with van der Waals surface area (Å²) in [6.07, 6.45) is -7.38. The fourth-order valence-corrected chi connectivity index (χ4v) is 4.35. The second-order valence-corrected chi connectivity index (χ2v) is 8.16. The number of anilines is 1. The highest BCUT2D eigenvalue weighted by Gasteiger charge is 2.42. The fourth-order valence-electron chi connectivity index (χ4n) is 3.08. The molecule has 1 aliphatic rings. The van der Waals surface area contributed by atoms with Crippen molar-refractivity contribution in [2.75, 3.05) is 11.3 Å². The van der Waals surface area contributed by atoms with E-state index < -0.39 is 69.8 Å². The average molecular weight is 461 g/mol. The monoisotopic (exact) mass is 461 g/mol. The van der Waals surface area contributed by atoms with Crippen molar-refractivity contribution in [2.45, 2.75) is 36.8 Å². The highest BCUT2D eigenvalue weighted by Crippen LogP contribution is 2.39. The number of hydrogen-bond donors (Lipinski definition) is 2. The van der Waals surface area contributed by atoms with E-state index in [2.05, 4.69) is 14.7 Å². The summed E-state index contributed by atoms with van der Waals surface area (Å²) >= 11 is 0. The zero-order valence-electron chi connectivity index (χ0n) is 14.9. The van der Waals surface area contributed by atoms with Crippen LogP contribution in [0.15, 0.2) is 17.2 Å². The van der Waals surface area contributed by atoms with Crippen molar-refractivity contribution in [1.29, 1.82) is 0 Å². The highest BCUT2D eigenvalue weighted by atomic mass is 32.2. The molecule has 3 rings (SSSR count). The van der Waals surface area contributed by atoms with Crippen molar-refractivity contribution in [3.05, 3.63) is 35.3 Å². The number of fused-ring (bicyclic) bond motifs is 1. The van der Waals surface area contributed by atoms with E-state index in [-0.39, 0.29) is 24.1 Å². The van der Waals surface area contributed by atoms with Crippen LogP contribution in [0, 0.1) is 17.7 Å². The van der Waals surface area contributed by atoms with E-state index >= 15 is 0 Å². The number of nitrogens with one attached hydrogen (secondary N) is 2. The van der Waals surface area contributed by atoms with Gasteiger partial charge >= 0.3 is 6.18 Å². The van der Waals surface area contributed by atoms with E-state index in [1.165, 1.54) is 0 Å². The Kier molecular flexibility index (Phi) is 5.89. The molecular weight excluding hydrogens is 447 g/mol. The van der Waals surface area contributed by atoms with Crippen LogP contribution < -0.4 is 9.46 Å². The minimum absolute atomic E-state index is 0.0827. The van der Waals surface area contributed by atoms with Crippen molar-refractivity contribution in [3.63, 3.8) is 0 Å². The average Bonchev–Trinajstić information content (AvgIpc) is 3.06. The van der Waals surface area contributed by atoms with Crippen molar-refractivity contribution in [2.24, 2.45) is 5.92 Å². The molecule has 0 aliphatic heterocycles. The number of ether oxygens (including phenoxy) is 1. The summed E-state index contributed by atoms with van der Waals surface area (Å²) in [4.78, 5) is 5.11. The van der Waals surface area contributed by atoms with Gasteiger partial charge in [-0.3, -0.25) is 4.72 Å². The highest BCUT2D eigenvalue weighted by molar-refractivity contribution is 7.92. The lowest BCUT2D eigenvalue weighted by atomic mass is 9.87. The second kappa shape index (κ2) is 7.96. The molecule has 0 amide bonds. The quantitative estimate of drug-likeness (QED) is 0.507. The first-order valence-corrected chi connectivity index (χ1v) is 9.92. The number of halogens is 7. The number of aromatic amines is 1. The zero-order valence-corrected chi connectivity index (χ0v) is 15.7. The number of pyridine rings is 1. The lowest BCUT2D eigenvalue weighted by molar-refractivity contribution is -0.177. The Morgan fingerprint density at radius 2 is 2.00 bits per heavy atom. The van der Waals surface area contributed by atoms with Crippen LogP contribution in [0.3, 0.4) is 0 Å². The van der Waals surface area contributed by atoms with Gasteiger partial charge in [0.1, 0.15) is 11.5 Å². The lowest BCUT2D eigenvalue weighted by Gasteiger charge is -2.25. The molecule has 0 fully saturated rings. The van der Waals surface area contributed by atoms with E-state index in [0.717, 1.165) is 6.20 Å². The Labute approximate surface area is 165 Å². The van der Waals surface area contributed by atoms with Gasteiger partial charge in [0.15, 0.2) is 17.4 Å². The molecule has 166 valence electrons. The predicted octanol–water partition coefficient (Wildman–Crippen LogP) is 3.80. The largest absolute Gasteiger partial charge is 0.483 e. The maximum atomic E-state index is 14.1. The Hall–Kier alpha value is -2.51. The molecule has 2 aromatic rings. The van der Waals surface area contributed by atoms with Gasteiger partial charge in [-0.05, 0) is 24.8 Å². The zero-order chi connectivity index (χ0) is 22.3. The molecule has 0 radical (unpaired) electrons. The van der Waals surface area contributed by atoms with E-state index in [1.54, 1.807) is 4.72 Å². The minimum atomic E-state index is -4.53. The van der Waals surface area contributed by atoms with Crippen LogP contribution in [0.5, 0.6) is 5.75 Å². The van der Waals surface area contributed by atoms with Gasteiger partial charge in [0.2, 0.25) is 0 Å². The molecule has 2 aromatic heterocycles. The van der Waals surface area contributed by atoms with Gasteiger partial charge in [-0.25, -0.2) is 21.6 Å². The summed E-state index contributed by atoms with van der Waals surface area (Å²) in [6, 6.07) is 0.350. The van der Waals surface area contributed by atoms with Crippen LogP contribution in [-0.4, -0.2) is 37.6 Å². The smallest absolute Gasteiger partial charge is 0.392 e. The molecule has 6 nitrogen and oxygen atoms in total. The maximum Gasteiger partial charge on any atom is 0.392 e. The maximum absolute atomic E-state index is 14.1. The molecule has 0 aromatic carbocycles. The van der Waals surface area contributed by atoms with Gasteiger partial charge in [0.25, 0.3) is 22.4 Å². The number of H-pyrrole nitrogens is 1. The molecule has 0 bridgehead atoms. The molecule has 1 atom stereocenters. The molecule has 0 saturated carbocycles. The minimum Gasteiger partial charge on any atom is -0.483 e. The van der Waals surface area contributed by atoms with Crippen LogP contribution in [0.1, 0.15) is 17.7 Å². The third-order valence-corrected chi connectivity index (χ3v) is 5.88. The molecule has 14 heteroatoms. The Bertz CT molecular complexity index is 1040.